The molecule has 6 nitrogen and oxygen atoms in total. The lowest BCUT2D eigenvalue weighted by Gasteiger charge is -2.37. The highest BCUT2D eigenvalue weighted by Gasteiger charge is 2.41. The van der Waals surface area contributed by atoms with E-state index in [0.717, 1.165) is 17.5 Å². The van der Waals surface area contributed by atoms with Gasteiger partial charge in [-0.15, -0.1) is 0 Å². The Balaban J connectivity index is 0.000000297. The molecule has 0 heterocycles. The van der Waals surface area contributed by atoms with Crippen molar-refractivity contribution in [3.8, 4) is 5.75 Å². The standard InChI is InChI=1S/C21H27NO.C9H8O4/c1-5-20(23)21(16-17(2)22(3)4,18-12-8-6-9-13-18)19-14-10-7-11-15-19;1-5(10)6-3-2-4-7(8(6)11)9(12)13/h6-15,17H,5,16H2,1-4H3;2-4,11H,1H3,(H,12,13). The maximum atomic E-state index is 13.2. The van der Waals surface area contributed by atoms with E-state index in [9.17, 15) is 19.5 Å². The normalized spacial score (nSPS) is 11.8. The zero-order valence-corrected chi connectivity index (χ0v) is 21.6. The molecule has 0 aliphatic rings. The number of hydrogen-bond acceptors (Lipinski definition) is 5. The summed E-state index contributed by atoms with van der Waals surface area (Å²) in [5, 5.41) is 17.9. The van der Waals surface area contributed by atoms with E-state index < -0.39 is 17.1 Å². The van der Waals surface area contributed by atoms with Gasteiger partial charge >= 0.3 is 5.97 Å². The highest BCUT2D eigenvalue weighted by molar-refractivity contribution is 6.01. The lowest BCUT2D eigenvalue weighted by atomic mass is 9.67. The molecular weight excluding hydrogens is 454 g/mol. The third kappa shape index (κ3) is 6.46. The van der Waals surface area contributed by atoms with E-state index in [-0.39, 0.29) is 22.7 Å². The number of para-hydroxylation sites is 1. The molecule has 0 aliphatic carbocycles. The van der Waals surface area contributed by atoms with E-state index in [2.05, 4.69) is 50.2 Å². The number of aromatic hydroxyl groups is 1. The summed E-state index contributed by atoms with van der Waals surface area (Å²) in [5.74, 6) is -1.80. The van der Waals surface area contributed by atoms with E-state index in [1.54, 1.807) is 0 Å². The molecule has 190 valence electrons. The number of aromatic carboxylic acids is 1. The van der Waals surface area contributed by atoms with Crippen molar-refractivity contribution in [1.82, 2.24) is 4.90 Å². The van der Waals surface area contributed by atoms with Crippen molar-refractivity contribution in [3.63, 3.8) is 0 Å². The first kappa shape index (κ1) is 28.5. The Kier molecular flexibility index (Phi) is 10.1. The first-order valence-corrected chi connectivity index (χ1v) is 11.9. The van der Waals surface area contributed by atoms with Gasteiger partial charge in [-0.25, -0.2) is 4.79 Å². The van der Waals surface area contributed by atoms with Crippen LogP contribution < -0.4 is 0 Å². The molecule has 2 N–H and O–H groups in total. The maximum Gasteiger partial charge on any atom is 0.339 e. The van der Waals surface area contributed by atoms with Crippen molar-refractivity contribution in [2.75, 3.05) is 14.1 Å². The monoisotopic (exact) mass is 489 g/mol. The highest BCUT2D eigenvalue weighted by atomic mass is 16.4. The molecule has 0 aromatic heterocycles. The number of phenols is 1. The molecule has 36 heavy (non-hydrogen) atoms. The van der Waals surface area contributed by atoms with Crippen LogP contribution in [-0.2, 0) is 10.2 Å². The molecule has 1 unspecified atom stereocenters. The van der Waals surface area contributed by atoms with Crippen LogP contribution in [-0.4, -0.2) is 52.8 Å². The molecule has 3 rings (SSSR count). The minimum absolute atomic E-state index is 0.0277. The van der Waals surface area contributed by atoms with Gasteiger partial charge in [0.2, 0.25) is 0 Å². The lowest BCUT2D eigenvalue weighted by Crippen LogP contribution is -2.42. The second-order valence-corrected chi connectivity index (χ2v) is 8.99. The Labute approximate surface area is 213 Å². The van der Waals surface area contributed by atoms with Gasteiger partial charge in [0.25, 0.3) is 0 Å². The molecular formula is C30H35NO5. The van der Waals surface area contributed by atoms with Crippen molar-refractivity contribution in [2.45, 2.75) is 45.1 Å². The first-order valence-electron chi connectivity index (χ1n) is 11.9. The quantitative estimate of drug-likeness (QED) is 0.381. The van der Waals surface area contributed by atoms with Gasteiger partial charge in [-0.1, -0.05) is 73.7 Å². The second-order valence-electron chi connectivity index (χ2n) is 8.99. The van der Waals surface area contributed by atoms with E-state index in [1.807, 2.05) is 43.3 Å². The average Bonchev–Trinajstić information content (AvgIpc) is 2.87. The van der Waals surface area contributed by atoms with Crippen LogP contribution in [0.4, 0.5) is 0 Å². The van der Waals surface area contributed by atoms with Gasteiger partial charge in [-0.3, -0.25) is 9.59 Å². The van der Waals surface area contributed by atoms with Crippen LogP contribution in [0.2, 0.25) is 0 Å². The minimum Gasteiger partial charge on any atom is -0.506 e. The number of carboxylic acids is 1. The van der Waals surface area contributed by atoms with E-state index in [1.165, 1.54) is 25.1 Å². The predicted octanol–water partition coefficient (Wildman–Crippen LogP) is 5.59. The van der Waals surface area contributed by atoms with Crippen LogP contribution in [0.1, 0.15) is 65.5 Å². The summed E-state index contributed by atoms with van der Waals surface area (Å²) < 4.78 is 0. The number of carbonyl (C=O) groups excluding carboxylic acids is 2. The van der Waals surface area contributed by atoms with Crippen LogP contribution in [0.15, 0.2) is 78.9 Å². The fourth-order valence-electron chi connectivity index (χ4n) is 4.21. The van der Waals surface area contributed by atoms with Gasteiger partial charge < -0.3 is 15.1 Å². The number of carbonyl (C=O) groups is 3. The number of carboxylic acid groups (broad SMARTS) is 1. The summed E-state index contributed by atoms with van der Waals surface area (Å²) in [6, 6.07) is 24.8. The van der Waals surface area contributed by atoms with Crippen molar-refractivity contribution >= 4 is 17.5 Å². The maximum absolute atomic E-state index is 13.2. The summed E-state index contributed by atoms with van der Waals surface area (Å²) in [4.78, 5) is 36.8. The zero-order chi connectivity index (χ0) is 26.9. The van der Waals surface area contributed by atoms with Crippen LogP contribution in [0.3, 0.4) is 0 Å². The molecule has 0 spiro atoms. The smallest absolute Gasteiger partial charge is 0.339 e. The molecule has 0 amide bonds. The molecule has 0 aliphatic heterocycles. The van der Waals surface area contributed by atoms with Crippen molar-refractivity contribution in [3.05, 3.63) is 101 Å². The summed E-state index contributed by atoms with van der Waals surface area (Å²) in [5.41, 5.74) is 1.37. The van der Waals surface area contributed by atoms with Crippen molar-refractivity contribution < 1.29 is 24.6 Å². The van der Waals surface area contributed by atoms with Gasteiger partial charge in [-0.2, -0.15) is 0 Å². The highest BCUT2D eigenvalue weighted by Crippen LogP contribution is 2.39. The number of rotatable bonds is 9. The fraction of sp³-hybridized carbons (Fsp3) is 0.300. The summed E-state index contributed by atoms with van der Waals surface area (Å²) in [7, 11) is 4.14. The van der Waals surface area contributed by atoms with Crippen LogP contribution in [0.5, 0.6) is 5.75 Å². The van der Waals surface area contributed by atoms with Gasteiger partial charge in [0.1, 0.15) is 17.1 Å². The average molecular weight is 490 g/mol. The summed E-state index contributed by atoms with van der Waals surface area (Å²) >= 11 is 0. The summed E-state index contributed by atoms with van der Waals surface area (Å²) in [6.45, 7) is 5.41. The number of ketones is 2. The SMILES string of the molecule is CC(=O)c1cccc(C(=O)O)c1O.CCC(=O)C(CC(C)N(C)C)(c1ccccc1)c1ccccc1. The molecule has 6 heteroatoms. The predicted molar refractivity (Wildman–Crippen MR) is 142 cm³/mol. The van der Waals surface area contributed by atoms with Gasteiger partial charge in [-0.05, 0) is 57.6 Å². The Morgan fingerprint density at radius 1 is 0.833 bits per heavy atom. The number of Topliss-reactive ketones (excluding diaryl/α,β-unsaturated/α-hetero) is 2. The third-order valence-electron chi connectivity index (χ3n) is 6.46. The second kappa shape index (κ2) is 12.8. The minimum atomic E-state index is -1.25. The molecule has 1 atom stereocenters. The topological polar surface area (TPSA) is 94.9 Å². The van der Waals surface area contributed by atoms with Crippen molar-refractivity contribution in [1.29, 1.82) is 0 Å². The van der Waals surface area contributed by atoms with Crippen LogP contribution >= 0.6 is 0 Å². The number of hydrogen-bond donors (Lipinski definition) is 2. The van der Waals surface area contributed by atoms with Crippen molar-refractivity contribution in [2.24, 2.45) is 0 Å². The third-order valence-corrected chi connectivity index (χ3v) is 6.46. The van der Waals surface area contributed by atoms with E-state index in [4.69, 9.17) is 5.11 Å². The molecule has 0 saturated heterocycles. The zero-order valence-electron chi connectivity index (χ0n) is 21.6. The van der Waals surface area contributed by atoms with Gasteiger partial charge in [0, 0.05) is 12.5 Å². The first-order chi connectivity index (χ1) is 17.1. The Morgan fingerprint density at radius 2 is 1.31 bits per heavy atom. The van der Waals surface area contributed by atoms with Gasteiger partial charge in [0.15, 0.2) is 5.78 Å². The molecule has 0 saturated carbocycles. The largest absolute Gasteiger partial charge is 0.506 e. The molecule has 3 aromatic rings. The molecule has 0 radical (unpaired) electrons. The molecule has 0 bridgehead atoms. The molecule has 0 fully saturated rings. The van der Waals surface area contributed by atoms with Gasteiger partial charge in [0.05, 0.1) is 11.0 Å². The Hall–Kier alpha value is -3.77. The lowest BCUT2D eigenvalue weighted by molar-refractivity contribution is -0.123. The Bertz CT molecular complexity index is 1100. The Morgan fingerprint density at radius 3 is 1.69 bits per heavy atom. The number of nitrogens with zero attached hydrogens (tertiary/aromatic N) is 1. The summed E-state index contributed by atoms with van der Waals surface area (Å²) in [6.07, 6.45) is 1.31. The van der Waals surface area contributed by atoms with Crippen LogP contribution in [0, 0.1) is 0 Å². The van der Waals surface area contributed by atoms with E-state index in [0.29, 0.717) is 12.5 Å². The fourth-order valence-corrected chi connectivity index (χ4v) is 4.21. The van der Waals surface area contributed by atoms with E-state index >= 15 is 0 Å². The van der Waals surface area contributed by atoms with Crippen LogP contribution in [0.25, 0.3) is 0 Å². The molecule has 3 aromatic carbocycles. The number of benzene rings is 3.